The van der Waals surface area contributed by atoms with Crippen molar-refractivity contribution in [2.75, 3.05) is 0 Å². The van der Waals surface area contributed by atoms with E-state index in [2.05, 4.69) is 31.9 Å². The van der Waals surface area contributed by atoms with Crippen LogP contribution in [-0.4, -0.2) is 0 Å². The zero-order valence-electron chi connectivity index (χ0n) is 8.53. The first-order chi connectivity index (χ1) is 7.66. The van der Waals surface area contributed by atoms with Gasteiger partial charge in [-0.15, -0.1) is 0 Å². The Balaban J connectivity index is 2.28. The Bertz CT molecular complexity index is 417. The molecule has 82 valence electrons. The van der Waals surface area contributed by atoms with Crippen LogP contribution in [0.4, 0.5) is 0 Å². The molecule has 1 nitrogen and oxygen atoms in total. The highest BCUT2D eigenvalue weighted by Crippen LogP contribution is 2.22. The molecule has 0 aliphatic heterocycles. The first-order valence-electron chi connectivity index (χ1n) is 4.93. The van der Waals surface area contributed by atoms with Gasteiger partial charge < -0.3 is 5.73 Å². The molecule has 2 aromatic rings. The number of hydrogen-bond acceptors (Lipinski definition) is 1. The first-order valence-corrected chi connectivity index (χ1v) is 6.52. The Hall–Kier alpha value is -0.640. The lowest BCUT2D eigenvalue weighted by Crippen LogP contribution is -2.11. The average molecular weight is 341 g/mol. The molecule has 0 unspecified atom stereocenters. The third-order valence-electron chi connectivity index (χ3n) is 2.46. The second kappa shape index (κ2) is 5.13. The average Bonchev–Trinajstić information content (AvgIpc) is 2.30. The van der Waals surface area contributed by atoms with E-state index in [-0.39, 0.29) is 6.04 Å². The molecule has 0 atom stereocenters. The smallest absolute Gasteiger partial charge is 0.0551 e. The summed E-state index contributed by atoms with van der Waals surface area (Å²) in [5.41, 5.74) is 8.42. The molecule has 0 amide bonds. The van der Waals surface area contributed by atoms with Gasteiger partial charge in [0.15, 0.2) is 0 Å². The Labute approximate surface area is 112 Å². The predicted molar refractivity (Wildman–Crippen MR) is 74.3 cm³/mol. The van der Waals surface area contributed by atoms with Crippen molar-refractivity contribution in [1.82, 2.24) is 0 Å². The second-order valence-electron chi connectivity index (χ2n) is 3.58. The van der Waals surface area contributed by atoms with Gasteiger partial charge in [0.25, 0.3) is 0 Å². The Morgan fingerprint density at radius 1 is 0.688 bits per heavy atom. The third kappa shape index (κ3) is 2.73. The quantitative estimate of drug-likeness (QED) is 0.868. The standard InChI is InChI=1S/C13H11Br2N/c14-11-5-1-9(2-6-11)13(16)10-3-7-12(15)8-4-10/h1-8,13H,16H2. The van der Waals surface area contributed by atoms with Gasteiger partial charge in [-0.3, -0.25) is 0 Å². The number of nitrogens with two attached hydrogens (primary N) is 1. The number of benzene rings is 2. The number of halogens is 2. The van der Waals surface area contributed by atoms with E-state index in [0.29, 0.717) is 0 Å². The molecule has 0 aliphatic carbocycles. The maximum atomic E-state index is 6.19. The summed E-state index contributed by atoms with van der Waals surface area (Å²) in [5.74, 6) is 0. The van der Waals surface area contributed by atoms with Crippen LogP contribution in [0.2, 0.25) is 0 Å². The lowest BCUT2D eigenvalue weighted by molar-refractivity contribution is 0.871. The fourth-order valence-electron chi connectivity index (χ4n) is 1.53. The summed E-state index contributed by atoms with van der Waals surface area (Å²) < 4.78 is 2.14. The van der Waals surface area contributed by atoms with Gasteiger partial charge in [-0.05, 0) is 35.4 Å². The monoisotopic (exact) mass is 339 g/mol. The molecule has 2 N–H and O–H groups in total. The Kier molecular flexibility index (Phi) is 3.79. The van der Waals surface area contributed by atoms with Crippen LogP contribution in [0.3, 0.4) is 0 Å². The van der Waals surface area contributed by atoms with Crippen LogP contribution < -0.4 is 5.73 Å². The lowest BCUT2D eigenvalue weighted by atomic mass is 10.00. The molecule has 0 radical (unpaired) electrons. The molecular weight excluding hydrogens is 330 g/mol. The zero-order valence-corrected chi connectivity index (χ0v) is 11.7. The van der Waals surface area contributed by atoms with Crippen LogP contribution in [-0.2, 0) is 0 Å². The molecule has 16 heavy (non-hydrogen) atoms. The fraction of sp³-hybridized carbons (Fsp3) is 0.0769. The third-order valence-corrected chi connectivity index (χ3v) is 3.52. The predicted octanol–water partition coefficient (Wildman–Crippen LogP) is 4.26. The summed E-state index contributed by atoms with van der Waals surface area (Å²) in [7, 11) is 0. The highest BCUT2D eigenvalue weighted by Gasteiger charge is 2.07. The maximum absolute atomic E-state index is 6.19. The van der Waals surface area contributed by atoms with E-state index >= 15 is 0 Å². The number of rotatable bonds is 2. The van der Waals surface area contributed by atoms with Crippen LogP contribution in [0.25, 0.3) is 0 Å². The van der Waals surface area contributed by atoms with Crippen molar-refractivity contribution in [1.29, 1.82) is 0 Å². The van der Waals surface area contributed by atoms with Crippen molar-refractivity contribution in [3.05, 3.63) is 68.6 Å². The van der Waals surface area contributed by atoms with Crippen LogP contribution in [0, 0.1) is 0 Å². The van der Waals surface area contributed by atoms with E-state index in [1.54, 1.807) is 0 Å². The van der Waals surface area contributed by atoms with Gasteiger partial charge in [-0.2, -0.15) is 0 Å². The van der Waals surface area contributed by atoms with Gasteiger partial charge in [0, 0.05) is 8.95 Å². The SMILES string of the molecule is NC(c1ccc(Br)cc1)c1ccc(Br)cc1. The van der Waals surface area contributed by atoms with Crippen LogP contribution in [0.5, 0.6) is 0 Å². The van der Waals surface area contributed by atoms with E-state index in [1.807, 2.05) is 48.5 Å². The van der Waals surface area contributed by atoms with Gasteiger partial charge >= 0.3 is 0 Å². The molecule has 3 heteroatoms. The van der Waals surface area contributed by atoms with Crippen LogP contribution >= 0.6 is 31.9 Å². The van der Waals surface area contributed by atoms with Crippen LogP contribution in [0.1, 0.15) is 17.2 Å². The summed E-state index contributed by atoms with van der Waals surface area (Å²) in [4.78, 5) is 0. The van der Waals surface area contributed by atoms with Gasteiger partial charge in [-0.25, -0.2) is 0 Å². The molecule has 0 saturated heterocycles. The molecular formula is C13H11Br2N. The van der Waals surface area contributed by atoms with Crippen LogP contribution in [0.15, 0.2) is 57.5 Å². The molecule has 0 aromatic heterocycles. The summed E-state index contributed by atoms with van der Waals surface area (Å²) in [5, 5.41) is 0. The van der Waals surface area contributed by atoms with Crippen molar-refractivity contribution in [2.45, 2.75) is 6.04 Å². The molecule has 2 aromatic carbocycles. The van der Waals surface area contributed by atoms with E-state index in [4.69, 9.17) is 5.73 Å². The molecule has 0 aliphatic rings. The summed E-state index contributed by atoms with van der Waals surface area (Å²) >= 11 is 6.83. The minimum absolute atomic E-state index is 0.0683. The highest BCUT2D eigenvalue weighted by atomic mass is 79.9. The van der Waals surface area contributed by atoms with E-state index in [1.165, 1.54) is 0 Å². The van der Waals surface area contributed by atoms with Crippen molar-refractivity contribution in [2.24, 2.45) is 5.73 Å². The van der Waals surface area contributed by atoms with Crippen molar-refractivity contribution in [3.63, 3.8) is 0 Å². The molecule has 0 bridgehead atoms. The first kappa shape index (κ1) is 11.8. The second-order valence-corrected chi connectivity index (χ2v) is 5.41. The van der Waals surface area contributed by atoms with E-state index in [0.717, 1.165) is 20.1 Å². The minimum Gasteiger partial charge on any atom is -0.320 e. The van der Waals surface area contributed by atoms with Gasteiger partial charge in [0.2, 0.25) is 0 Å². The lowest BCUT2D eigenvalue weighted by Gasteiger charge is -2.12. The highest BCUT2D eigenvalue weighted by molar-refractivity contribution is 9.10. The molecule has 0 fully saturated rings. The largest absolute Gasteiger partial charge is 0.320 e. The maximum Gasteiger partial charge on any atom is 0.0551 e. The summed E-state index contributed by atoms with van der Waals surface area (Å²) in [6.45, 7) is 0. The normalized spacial score (nSPS) is 10.8. The molecule has 0 spiro atoms. The fourth-order valence-corrected chi connectivity index (χ4v) is 2.06. The van der Waals surface area contributed by atoms with Crippen molar-refractivity contribution >= 4 is 31.9 Å². The van der Waals surface area contributed by atoms with E-state index < -0.39 is 0 Å². The summed E-state index contributed by atoms with van der Waals surface area (Å²) in [6, 6.07) is 16.1. The minimum atomic E-state index is -0.0683. The zero-order chi connectivity index (χ0) is 11.5. The topological polar surface area (TPSA) is 26.0 Å². The number of hydrogen-bond donors (Lipinski definition) is 1. The van der Waals surface area contributed by atoms with Gasteiger partial charge in [0.1, 0.15) is 0 Å². The molecule has 0 saturated carbocycles. The summed E-state index contributed by atoms with van der Waals surface area (Å²) in [6.07, 6.45) is 0. The Morgan fingerprint density at radius 2 is 1.00 bits per heavy atom. The van der Waals surface area contributed by atoms with Crippen molar-refractivity contribution < 1.29 is 0 Å². The van der Waals surface area contributed by atoms with Gasteiger partial charge in [0.05, 0.1) is 6.04 Å². The van der Waals surface area contributed by atoms with Crippen molar-refractivity contribution in [3.8, 4) is 0 Å². The Morgan fingerprint density at radius 3 is 1.31 bits per heavy atom. The van der Waals surface area contributed by atoms with E-state index in [9.17, 15) is 0 Å². The van der Waals surface area contributed by atoms with Gasteiger partial charge in [-0.1, -0.05) is 56.1 Å². The molecule has 2 rings (SSSR count). The molecule has 0 heterocycles.